The number of aromatic nitrogens is 2. The number of benzene rings is 2. The Hall–Kier alpha value is -2.09. The molecule has 0 saturated carbocycles. The quantitative estimate of drug-likeness (QED) is 0.258. The molecule has 2 aliphatic heterocycles. The van der Waals surface area contributed by atoms with Crippen LogP contribution in [0, 0.1) is 10.5 Å². The lowest BCUT2D eigenvalue weighted by Crippen LogP contribution is -2.59. The molecule has 5 rings (SSSR count). The summed E-state index contributed by atoms with van der Waals surface area (Å²) >= 11 is 2.38. The molecule has 4 nitrogen and oxygen atoms in total. The zero-order valence-corrected chi connectivity index (χ0v) is 17.8. The number of ether oxygens (including phenoxy) is 2. The van der Waals surface area contributed by atoms with E-state index in [1.807, 2.05) is 24.3 Å². The first kappa shape index (κ1) is 17.0. The first-order chi connectivity index (χ1) is 12.8. The molecule has 0 unspecified atom stereocenters. The summed E-state index contributed by atoms with van der Waals surface area (Å²) in [6.45, 7) is 8.44. The van der Waals surface area contributed by atoms with Crippen LogP contribution in [-0.2, 0) is 5.41 Å². The highest BCUT2D eigenvalue weighted by Gasteiger charge is 2.44. The molecule has 3 aromatic rings. The van der Waals surface area contributed by atoms with Gasteiger partial charge in [-0.1, -0.05) is 44.5 Å². The van der Waals surface area contributed by atoms with E-state index in [0.29, 0.717) is 11.8 Å². The third kappa shape index (κ3) is 2.49. The lowest BCUT2D eigenvalue weighted by molar-refractivity contribution is 0.418. The van der Waals surface area contributed by atoms with E-state index in [2.05, 4.69) is 62.4 Å². The fourth-order valence-corrected chi connectivity index (χ4v) is 4.59. The Morgan fingerprint density at radius 3 is 2.07 bits per heavy atom. The van der Waals surface area contributed by atoms with Crippen molar-refractivity contribution in [1.29, 1.82) is 0 Å². The van der Waals surface area contributed by atoms with Crippen molar-refractivity contribution in [2.24, 2.45) is 0 Å². The summed E-state index contributed by atoms with van der Waals surface area (Å²) in [6.07, 6.45) is 0. The maximum absolute atomic E-state index is 6.26. The lowest BCUT2D eigenvalue weighted by Gasteiger charge is -2.34. The van der Waals surface area contributed by atoms with E-state index in [1.165, 1.54) is 14.6 Å². The zero-order chi connectivity index (χ0) is 18.9. The van der Waals surface area contributed by atoms with Crippen molar-refractivity contribution in [1.82, 2.24) is 9.97 Å². The average molecular weight is 468 g/mol. The third-order valence-corrected chi connectivity index (χ3v) is 6.06. The largest absolute Gasteiger partial charge is 0.440 e. The number of halogens is 1. The van der Waals surface area contributed by atoms with Gasteiger partial charge in [0.1, 0.15) is 17.3 Å². The predicted octanol–water partition coefficient (Wildman–Crippen LogP) is 3.41. The monoisotopic (exact) mass is 468 g/mol. The molecule has 1 aromatic heterocycles. The van der Waals surface area contributed by atoms with E-state index in [0.717, 1.165) is 28.2 Å². The highest BCUT2D eigenvalue weighted by molar-refractivity contribution is 14.1. The van der Waals surface area contributed by atoms with Gasteiger partial charge in [-0.05, 0) is 58.6 Å². The molecule has 0 aliphatic carbocycles. The highest BCUT2D eigenvalue weighted by Crippen LogP contribution is 2.35. The van der Waals surface area contributed by atoms with Gasteiger partial charge in [-0.25, -0.2) is 0 Å². The van der Waals surface area contributed by atoms with Crippen molar-refractivity contribution in [3.05, 3.63) is 51.4 Å². The molecule has 0 amide bonds. The first-order valence-electron chi connectivity index (χ1n) is 9.00. The maximum Gasteiger partial charge on any atom is 0.266 e. The van der Waals surface area contributed by atoms with Crippen molar-refractivity contribution >= 4 is 45.7 Å². The average Bonchev–Trinajstić information content (AvgIpc) is 2.60. The Balaban J connectivity index is 1.87. The smallest absolute Gasteiger partial charge is 0.266 e. The van der Waals surface area contributed by atoms with E-state index in [9.17, 15) is 0 Å². The summed E-state index contributed by atoms with van der Waals surface area (Å²) in [7, 11) is 0. The van der Waals surface area contributed by atoms with E-state index < -0.39 is 0 Å². The van der Waals surface area contributed by atoms with Crippen LogP contribution >= 0.6 is 22.6 Å². The van der Waals surface area contributed by atoms with Crippen molar-refractivity contribution in [3.8, 4) is 23.3 Å². The molecular formula is C21H18BIN2O2. The van der Waals surface area contributed by atoms with Crippen LogP contribution in [0.2, 0.25) is 0 Å². The summed E-state index contributed by atoms with van der Waals surface area (Å²) in [4.78, 5) is 9.59. The standard InChI is InChI=1S/C21H18BIN2O2/c1-11-7-5-9-13-15(11)22-16-12(23)8-6-10-14(16)27-19-17(22)18(26-13)24-20(25-19)21(2,3)4/h5-10H,1-4H3. The predicted molar refractivity (Wildman–Crippen MR) is 116 cm³/mol. The molecule has 2 aromatic carbocycles. The van der Waals surface area contributed by atoms with Gasteiger partial charge in [0.2, 0.25) is 11.8 Å². The number of rotatable bonds is 0. The first-order valence-corrected chi connectivity index (χ1v) is 10.1. The molecule has 0 bridgehead atoms. The van der Waals surface area contributed by atoms with Crippen molar-refractivity contribution < 1.29 is 9.47 Å². The van der Waals surface area contributed by atoms with Gasteiger partial charge < -0.3 is 9.47 Å². The van der Waals surface area contributed by atoms with Crippen LogP contribution in [-0.4, -0.2) is 16.7 Å². The van der Waals surface area contributed by atoms with Crippen molar-refractivity contribution in [2.45, 2.75) is 33.1 Å². The van der Waals surface area contributed by atoms with Crippen LogP contribution < -0.4 is 25.9 Å². The summed E-state index contributed by atoms with van der Waals surface area (Å²) in [6, 6.07) is 12.3. The minimum Gasteiger partial charge on any atom is -0.440 e. The summed E-state index contributed by atoms with van der Waals surface area (Å²) in [5.74, 6) is 3.67. The fraction of sp³-hybridized carbons (Fsp3) is 0.238. The van der Waals surface area contributed by atoms with Crippen molar-refractivity contribution in [2.75, 3.05) is 0 Å². The number of hydrogen-bond donors (Lipinski definition) is 0. The second-order valence-electron chi connectivity index (χ2n) is 8.10. The minimum atomic E-state index is -0.202. The Morgan fingerprint density at radius 1 is 0.852 bits per heavy atom. The zero-order valence-electron chi connectivity index (χ0n) is 15.6. The molecule has 3 heterocycles. The Labute approximate surface area is 172 Å². The normalized spacial score (nSPS) is 13.9. The van der Waals surface area contributed by atoms with Gasteiger partial charge in [0.05, 0.1) is 5.46 Å². The molecule has 0 spiro atoms. The van der Waals surface area contributed by atoms with Gasteiger partial charge in [0.25, 0.3) is 6.71 Å². The van der Waals surface area contributed by atoms with Gasteiger partial charge in [0.15, 0.2) is 0 Å². The Morgan fingerprint density at radius 2 is 1.44 bits per heavy atom. The van der Waals surface area contributed by atoms with Crippen LogP contribution in [0.25, 0.3) is 0 Å². The van der Waals surface area contributed by atoms with Crippen LogP contribution in [0.4, 0.5) is 0 Å². The van der Waals surface area contributed by atoms with E-state index >= 15 is 0 Å². The van der Waals surface area contributed by atoms with Crippen molar-refractivity contribution in [3.63, 3.8) is 0 Å². The van der Waals surface area contributed by atoms with Crippen LogP contribution in [0.15, 0.2) is 36.4 Å². The lowest BCUT2D eigenvalue weighted by atomic mass is 9.34. The van der Waals surface area contributed by atoms with Crippen LogP contribution in [0.5, 0.6) is 23.3 Å². The molecule has 27 heavy (non-hydrogen) atoms. The SMILES string of the molecule is Cc1cccc2c1B1c3c(I)cccc3Oc3nc(C(C)(C)C)nc(c31)O2. The summed E-state index contributed by atoms with van der Waals surface area (Å²) < 4.78 is 13.7. The topological polar surface area (TPSA) is 44.2 Å². The summed E-state index contributed by atoms with van der Waals surface area (Å²) in [5.41, 5.74) is 4.26. The highest BCUT2D eigenvalue weighted by atomic mass is 127. The van der Waals surface area contributed by atoms with E-state index in [4.69, 9.17) is 19.4 Å². The molecule has 134 valence electrons. The van der Waals surface area contributed by atoms with Gasteiger partial charge in [0, 0.05) is 8.99 Å². The molecule has 0 N–H and O–H groups in total. The summed E-state index contributed by atoms with van der Waals surface area (Å²) in [5, 5.41) is 0. The van der Waals surface area contributed by atoms with Gasteiger partial charge in [-0.2, -0.15) is 9.97 Å². The number of aryl methyl sites for hydroxylation is 1. The Kier molecular flexibility index (Phi) is 3.60. The molecule has 0 radical (unpaired) electrons. The number of fused-ring (bicyclic) bond motifs is 4. The minimum absolute atomic E-state index is 0.0193. The van der Waals surface area contributed by atoms with E-state index in [1.54, 1.807) is 0 Å². The van der Waals surface area contributed by atoms with Gasteiger partial charge in [-0.3, -0.25) is 0 Å². The molecular weight excluding hydrogens is 450 g/mol. The molecule has 0 saturated heterocycles. The molecule has 2 aliphatic rings. The maximum atomic E-state index is 6.26. The molecule has 0 atom stereocenters. The van der Waals surface area contributed by atoms with Gasteiger partial charge >= 0.3 is 0 Å². The van der Waals surface area contributed by atoms with Gasteiger partial charge in [-0.15, -0.1) is 0 Å². The molecule has 6 heteroatoms. The third-order valence-electron chi connectivity index (χ3n) is 5.12. The fourth-order valence-electron chi connectivity index (χ4n) is 3.81. The van der Waals surface area contributed by atoms with Crippen LogP contribution in [0.1, 0.15) is 32.2 Å². The second kappa shape index (κ2) is 5.71. The number of hydrogen-bond acceptors (Lipinski definition) is 4. The Bertz CT molecular complexity index is 1030. The molecule has 0 fully saturated rings. The second-order valence-corrected chi connectivity index (χ2v) is 9.26. The van der Waals surface area contributed by atoms with E-state index in [-0.39, 0.29) is 12.1 Å². The number of nitrogens with zero attached hydrogens (tertiary/aromatic N) is 2. The van der Waals surface area contributed by atoms with Crippen LogP contribution in [0.3, 0.4) is 0 Å².